The Morgan fingerprint density at radius 3 is 2.57 bits per heavy atom. The van der Waals surface area contributed by atoms with Gasteiger partial charge >= 0.3 is 0 Å². The van der Waals surface area contributed by atoms with E-state index in [9.17, 15) is 0 Å². The fraction of sp³-hybridized carbons (Fsp3) is 1.00. The molecule has 0 heterocycles. The van der Waals surface area contributed by atoms with E-state index in [2.05, 4.69) is 4.90 Å². The highest BCUT2D eigenvalue weighted by atomic mass is 16.5. The maximum atomic E-state index is 5.46. The number of methoxy groups -OCH3 is 1. The lowest BCUT2D eigenvalue weighted by Gasteiger charge is -2.21. The summed E-state index contributed by atoms with van der Waals surface area (Å²) < 4.78 is 5.12. The van der Waals surface area contributed by atoms with Crippen molar-refractivity contribution >= 4 is 0 Å². The zero-order valence-electron chi connectivity index (χ0n) is 9.37. The molecule has 0 aromatic rings. The third-order valence-corrected chi connectivity index (χ3v) is 2.80. The van der Waals surface area contributed by atoms with E-state index in [1.807, 2.05) is 0 Å². The van der Waals surface area contributed by atoms with Crippen molar-refractivity contribution in [1.82, 2.24) is 4.90 Å². The van der Waals surface area contributed by atoms with Gasteiger partial charge in [0.25, 0.3) is 0 Å². The highest BCUT2D eigenvalue weighted by Gasteiger charge is 2.27. The third-order valence-electron chi connectivity index (χ3n) is 2.80. The predicted molar refractivity (Wildman–Crippen MR) is 59.4 cm³/mol. The molecule has 0 bridgehead atoms. The minimum atomic E-state index is 0.835. The molecule has 84 valence electrons. The number of hydrogen-bond acceptors (Lipinski definition) is 3. The molecule has 2 N–H and O–H groups in total. The molecular weight excluding hydrogens is 176 g/mol. The fourth-order valence-electron chi connectivity index (χ4n) is 1.76. The van der Waals surface area contributed by atoms with Crippen LogP contribution in [0.5, 0.6) is 0 Å². The number of hydrogen-bond donors (Lipinski definition) is 1. The second kappa shape index (κ2) is 7.21. The predicted octanol–water partition coefficient (Wildman–Crippen LogP) is 1.23. The van der Waals surface area contributed by atoms with Crippen LogP contribution in [-0.4, -0.2) is 44.3 Å². The maximum absolute atomic E-state index is 5.46. The Bertz CT molecular complexity index is 137. The molecular formula is C11H24N2O. The molecule has 0 aromatic carbocycles. The topological polar surface area (TPSA) is 38.5 Å². The number of ether oxygens (including phenoxy) is 1. The van der Waals surface area contributed by atoms with E-state index in [-0.39, 0.29) is 0 Å². The fourth-order valence-corrected chi connectivity index (χ4v) is 1.76. The van der Waals surface area contributed by atoms with E-state index in [1.54, 1.807) is 7.11 Å². The molecule has 0 radical (unpaired) electrons. The quantitative estimate of drug-likeness (QED) is 0.569. The first-order chi connectivity index (χ1) is 6.88. The molecule has 0 spiro atoms. The first-order valence-electron chi connectivity index (χ1n) is 5.81. The second-order valence-corrected chi connectivity index (χ2v) is 4.11. The van der Waals surface area contributed by atoms with Gasteiger partial charge in [-0.15, -0.1) is 0 Å². The van der Waals surface area contributed by atoms with Crippen molar-refractivity contribution in [3.63, 3.8) is 0 Å². The van der Waals surface area contributed by atoms with Crippen LogP contribution in [0, 0.1) is 0 Å². The van der Waals surface area contributed by atoms with Gasteiger partial charge in [-0.3, -0.25) is 4.90 Å². The minimum absolute atomic E-state index is 0.835. The van der Waals surface area contributed by atoms with Crippen LogP contribution in [-0.2, 0) is 4.74 Å². The van der Waals surface area contributed by atoms with Crippen LogP contribution in [0.15, 0.2) is 0 Å². The van der Waals surface area contributed by atoms with Gasteiger partial charge in [0, 0.05) is 19.7 Å². The first-order valence-corrected chi connectivity index (χ1v) is 5.81. The molecule has 0 aromatic heterocycles. The SMILES string of the molecule is COCCN(CCCCCN)C1CC1. The lowest BCUT2D eigenvalue weighted by molar-refractivity contribution is 0.142. The Balaban J connectivity index is 2.02. The smallest absolute Gasteiger partial charge is 0.0589 e. The molecule has 0 saturated heterocycles. The van der Waals surface area contributed by atoms with Crippen LogP contribution in [0.4, 0.5) is 0 Å². The summed E-state index contributed by atoms with van der Waals surface area (Å²) in [6, 6.07) is 0.864. The number of nitrogens with zero attached hydrogens (tertiary/aromatic N) is 1. The van der Waals surface area contributed by atoms with Gasteiger partial charge in [-0.2, -0.15) is 0 Å². The Hall–Kier alpha value is -0.120. The highest BCUT2D eigenvalue weighted by molar-refractivity contribution is 4.84. The summed E-state index contributed by atoms with van der Waals surface area (Å²) in [5.41, 5.74) is 5.46. The Kier molecular flexibility index (Phi) is 6.15. The first kappa shape index (κ1) is 12.0. The van der Waals surface area contributed by atoms with Crippen molar-refractivity contribution in [2.24, 2.45) is 5.73 Å². The van der Waals surface area contributed by atoms with E-state index in [0.29, 0.717) is 0 Å². The van der Waals surface area contributed by atoms with Crippen molar-refractivity contribution in [2.75, 3.05) is 33.4 Å². The standard InChI is InChI=1S/C11H24N2O/c1-14-10-9-13(11-5-6-11)8-4-2-3-7-12/h11H,2-10,12H2,1H3. The van der Waals surface area contributed by atoms with Crippen molar-refractivity contribution in [2.45, 2.75) is 38.1 Å². The van der Waals surface area contributed by atoms with Gasteiger partial charge in [-0.25, -0.2) is 0 Å². The van der Waals surface area contributed by atoms with Gasteiger partial charge in [0.1, 0.15) is 0 Å². The van der Waals surface area contributed by atoms with E-state index in [1.165, 1.54) is 38.6 Å². The van der Waals surface area contributed by atoms with E-state index in [4.69, 9.17) is 10.5 Å². The van der Waals surface area contributed by atoms with Crippen LogP contribution >= 0.6 is 0 Å². The molecule has 3 heteroatoms. The summed E-state index contributed by atoms with van der Waals surface area (Å²) >= 11 is 0. The average molecular weight is 200 g/mol. The van der Waals surface area contributed by atoms with Gasteiger partial charge < -0.3 is 10.5 Å². The molecule has 1 aliphatic rings. The van der Waals surface area contributed by atoms with E-state index >= 15 is 0 Å². The maximum Gasteiger partial charge on any atom is 0.0589 e. The van der Waals surface area contributed by atoms with Crippen molar-refractivity contribution in [3.05, 3.63) is 0 Å². The van der Waals surface area contributed by atoms with E-state index < -0.39 is 0 Å². The van der Waals surface area contributed by atoms with Crippen molar-refractivity contribution < 1.29 is 4.74 Å². The Morgan fingerprint density at radius 1 is 1.21 bits per heavy atom. The summed E-state index contributed by atoms with van der Waals surface area (Å²) in [5.74, 6) is 0. The molecule has 1 aliphatic carbocycles. The van der Waals surface area contributed by atoms with Gasteiger partial charge in [-0.05, 0) is 38.8 Å². The summed E-state index contributed by atoms with van der Waals surface area (Å²) in [4.78, 5) is 2.57. The van der Waals surface area contributed by atoms with Crippen LogP contribution in [0.25, 0.3) is 0 Å². The lowest BCUT2D eigenvalue weighted by Crippen LogP contribution is -2.30. The van der Waals surface area contributed by atoms with Gasteiger partial charge in [0.15, 0.2) is 0 Å². The zero-order valence-corrected chi connectivity index (χ0v) is 9.37. The normalized spacial score (nSPS) is 16.5. The summed E-state index contributed by atoms with van der Waals surface area (Å²) in [6.07, 6.45) is 6.51. The van der Waals surface area contributed by atoms with Gasteiger partial charge in [0.2, 0.25) is 0 Å². The van der Waals surface area contributed by atoms with Crippen LogP contribution < -0.4 is 5.73 Å². The summed E-state index contributed by atoms with van der Waals surface area (Å²) in [6.45, 7) is 4.03. The van der Waals surface area contributed by atoms with Crippen LogP contribution in [0.1, 0.15) is 32.1 Å². The largest absolute Gasteiger partial charge is 0.383 e. The Morgan fingerprint density at radius 2 is 2.00 bits per heavy atom. The van der Waals surface area contributed by atoms with Gasteiger partial charge in [-0.1, -0.05) is 6.42 Å². The van der Waals surface area contributed by atoms with Crippen molar-refractivity contribution in [1.29, 1.82) is 0 Å². The van der Waals surface area contributed by atoms with E-state index in [0.717, 1.165) is 25.7 Å². The molecule has 1 fully saturated rings. The Labute approximate surface area is 87.6 Å². The molecule has 1 rings (SSSR count). The average Bonchev–Trinajstić information content (AvgIpc) is 3.00. The van der Waals surface area contributed by atoms with Gasteiger partial charge in [0.05, 0.1) is 6.61 Å². The number of rotatable bonds is 9. The summed E-state index contributed by atoms with van der Waals surface area (Å²) in [7, 11) is 1.78. The zero-order chi connectivity index (χ0) is 10.2. The molecule has 1 saturated carbocycles. The van der Waals surface area contributed by atoms with Crippen molar-refractivity contribution in [3.8, 4) is 0 Å². The molecule has 3 nitrogen and oxygen atoms in total. The monoisotopic (exact) mass is 200 g/mol. The molecule has 0 atom stereocenters. The lowest BCUT2D eigenvalue weighted by atomic mass is 10.2. The number of nitrogens with two attached hydrogens (primary N) is 1. The molecule has 0 amide bonds. The minimum Gasteiger partial charge on any atom is -0.383 e. The molecule has 0 unspecified atom stereocenters. The molecule has 0 aliphatic heterocycles. The second-order valence-electron chi connectivity index (χ2n) is 4.11. The third kappa shape index (κ3) is 4.94. The molecule has 14 heavy (non-hydrogen) atoms. The van der Waals surface area contributed by atoms with Crippen LogP contribution in [0.2, 0.25) is 0 Å². The summed E-state index contributed by atoms with van der Waals surface area (Å²) in [5, 5.41) is 0. The number of unbranched alkanes of at least 4 members (excludes halogenated alkanes) is 2. The highest BCUT2D eigenvalue weighted by Crippen LogP contribution is 2.26. The van der Waals surface area contributed by atoms with Crippen LogP contribution in [0.3, 0.4) is 0 Å².